The van der Waals surface area contributed by atoms with Crippen LogP contribution < -0.4 is 9.80 Å². The first kappa shape index (κ1) is 46.6. The summed E-state index contributed by atoms with van der Waals surface area (Å²) in [4.78, 5) is 5.40. The minimum atomic E-state index is -0.608. The predicted molar refractivity (Wildman–Crippen MR) is 324 cm³/mol. The zero-order valence-corrected chi connectivity index (χ0v) is 45.6. The number of hydrogen-bond acceptors (Lipinski definition) is 2. The Morgan fingerprint density at radius 2 is 0.792 bits per heavy atom. The van der Waals surface area contributed by atoms with Crippen LogP contribution in [-0.4, -0.2) is 11.1 Å². The van der Waals surface area contributed by atoms with E-state index in [1.807, 2.05) is 0 Å². The fourth-order valence-electron chi connectivity index (χ4n) is 17.0. The summed E-state index contributed by atoms with van der Waals surface area (Å²) in [6, 6.07) is 84.3. The molecule has 2 fully saturated rings. The molecule has 378 valence electrons. The maximum Gasteiger partial charge on any atom is 0.0720 e. The molecule has 2 saturated carbocycles. The average Bonchev–Trinajstić information content (AvgIpc) is 4.03. The molecule has 3 aliphatic carbocycles. The van der Waals surface area contributed by atoms with Crippen LogP contribution >= 0.6 is 0 Å². The number of fused-ring (bicyclic) bond motifs is 14. The Morgan fingerprint density at radius 1 is 0.377 bits per heavy atom. The molecule has 0 saturated heterocycles. The molecule has 2 aliphatic heterocycles. The smallest absolute Gasteiger partial charge is 0.0720 e. The fourth-order valence-corrected chi connectivity index (χ4v) is 17.0. The molecular formula is C75H68N2. The maximum absolute atomic E-state index is 2.70. The van der Waals surface area contributed by atoms with Gasteiger partial charge in [0.05, 0.1) is 16.5 Å². The van der Waals surface area contributed by atoms with Crippen LogP contribution in [0.2, 0.25) is 0 Å². The van der Waals surface area contributed by atoms with E-state index < -0.39 is 5.41 Å². The molecule has 6 unspecified atom stereocenters. The van der Waals surface area contributed by atoms with Crippen LogP contribution in [0.3, 0.4) is 0 Å². The van der Waals surface area contributed by atoms with E-state index in [0.717, 1.165) is 0 Å². The maximum atomic E-state index is 2.70. The van der Waals surface area contributed by atoms with Crippen LogP contribution in [0.5, 0.6) is 0 Å². The molecule has 2 heteroatoms. The van der Waals surface area contributed by atoms with Crippen LogP contribution in [0.15, 0.2) is 218 Å². The van der Waals surface area contributed by atoms with Crippen molar-refractivity contribution in [1.82, 2.24) is 0 Å². The minimum Gasteiger partial charge on any atom is -0.334 e. The molecule has 2 nitrogen and oxygen atoms in total. The van der Waals surface area contributed by atoms with Crippen molar-refractivity contribution in [2.75, 3.05) is 9.80 Å². The number of hydrogen-bond donors (Lipinski definition) is 0. The van der Waals surface area contributed by atoms with E-state index in [1.54, 1.807) is 0 Å². The van der Waals surface area contributed by atoms with Gasteiger partial charge in [0.1, 0.15) is 0 Å². The lowest BCUT2D eigenvalue weighted by Gasteiger charge is -2.52. The van der Waals surface area contributed by atoms with Gasteiger partial charge in [-0.05, 0) is 213 Å². The highest BCUT2D eigenvalue weighted by atomic mass is 15.3. The minimum absolute atomic E-state index is 0.00237. The summed E-state index contributed by atoms with van der Waals surface area (Å²) in [6.07, 6.45) is 7.18. The van der Waals surface area contributed by atoms with Gasteiger partial charge in [0.15, 0.2) is 0 Å². The van der Waals surface area contributed by atoms with Gasteiger partial charge < -0.3 is 9.80 Å². The van der Waals surface area contributed by atoms with Crippen molar-refractivity contribution in [3.05, 3.63) is 252 Å². The largest absolute Gasteiger partial charge is 0.334 e. The van der Waals surface area contributed by atoms with E-state index in [-0.39, 0.29) is 21.9 Å². The standard InChI is InChI=1S/C75H68N2/c1-49-39-41-71(3)65-45-53(33-37-67(65)76(73(71,5)47-49)57-25-15-9-16-26-57)51-31-35-61-63(43-51)59-29-19-20-30-60(59)69-62-36-32-52(44-64(62)75(70(61)69,55-21-11-7-12-22-55)56-23-13-8-14-24-56)54-34-38-68-66(46-54)72(4)42-40-50(2)48-74(72,6)77(68)58-27-17-10-18-28-58/h7-38,43-46,49-50H,39-42,47-48H2,1-6H3. The summed E-state index contributed by atoms with van der Waals surface area (Å²) in [5.74, 6) is 1.34. The van der Waals surface area contributed by atoms with Crippen LogP contribution in [0, 0.1) is 11.8 Å². The molecule has 15 rings (SSSR count). The Hall–Kier alpha value is -7.68. The molecular weight excluding hydrogens is 929 g/mol. The Bertz CT molecular complexity index is 3950. The molecule has 0 bridgehead atoms. The van der Waals surface area contributed by atoms with Crippen LogP contribution in [-0.2, 0) is 16.2 Å². The van der Waals surface area contributed by atoms with E-state index in [9.17, 15) is 0 Å². The first-order chi connectivity index (χ1) is 37.5. The van der Waals surface area contributed by atoms with Crippen LogP contribution in [0.1, 0.15) is 113 Å². The third kappa shape index (κ3) is 6.25. The molecule has 0 N–H and O–H groups in total. The highest BCUT2D eigenvalue weighted by Crippen LogP contribution is 2.65. The summed E-state index contributed by atoms with van der Waals surface area (Å²) in [5, 5.41) is 5.21. The highest BCUT2D eigenvalue weighted by Gasteiger charge is 2.60. The second kappa shape index (κ2) is 16.7. The zero-order chi connectivity index (χ0) is 52.1. The molecule has 0 amide bonds. The first-order valence-electron chi connectivity index (χ1n) is 28.7. The molecule has 5 aliphatic rings. The average molecular weight is 997 g/mol. The Labute approximate surface area is 456 Å². The lowest BCUT2D eigenvalue weighted by Crippen LogP contribution is -2.56. The van der Waals surface area contributed by atoms with Crippen molar-refractivity contribution in [3.63, 3.8) is 0 Å². The highest BCUT2D eigenvalue weighted by molar-refractivity contribution is 6.20. The summed E-state index contributed by atoms with van der Waals surface area (Å²) in [6.45, 7) is 15.1. The van der Waals surface area contributed by atoms with Gasteiger partial charge in [-0.25, -0.2) is 0 Å². The van der Waals surface area contributed by atoms with E-state index in [4.69, 9.17) is 0 Å². The Balaban J connectivity index is 0.941. The third-order valence-electron chi connectivity index (χ3n) is 21.0. The second-order valence-electron chi connectivity index (χ2n) is 25.0. The second-order valence-corrected chi connectivity index (χ2v) is 25.0. The number of anilines is 4. The van der Waals surface area contributed by atoms with Crippen molar-refractivity contribution in [2.24, 2.45) is 11.8 Å². The van der Waals surface area contributed by atoms with Gasteiger partial charge in [0, 0.05) is 33.6 Å². The van der Waals surface area contributed by atoms with E-state index >= 15 is 0 Å². The monoisotopic (exact) mass is 997 g/mol. The summed E-state index contributed by atoms with van der Waals surface area (Å²) in [5.41, 5.74) is 20.7. The van der Waals surface area contributed by atoms with Crippen molar-refractivity contribution in [3.8, 4) is 33.4 Å². The van der Waals surface area contributed by atoms with Gasteiger partial charge in [0.25, 0.3) is 0 Å². The predicted octanol–water partition coefficient (Wildman–Crippen LogP) is 19.7. The number of para-hydroxylation sites is 2. The lowest BCUT2D eigenvalue weighted by atomic mass is 9.59. The molecule has 0 aromatic heterocycles. The molecule has 10 aromatic rings. The normalized spacial score (nSPS) is 25.5. The third-order valence-corrected chi connectivity index (χ3v) is 21.0. The summed E-state index contributed by atoms with van der Waals surface area (Å²) < 4.78 is 0. The SMILES string of the molecule is CC1CCC2(C)c3cc(-c4ccc5c(c4)C(c4ccccc4)(c4ccccc4)c4c-5c5ccccc5c5cc(-c6ccc7c(c6)C6(C)CCC(C)CC6(C)N7c6ccccc6)ccc45)ccc3N(c3ccccc3)C2(C)C1. The van der Waals surface area contributed by atoms with Crippen molar-refractivity contribution < 1.29 is 0 Å². The Kier molecular flexibility index (Phi) is 10.1. The number of rotatable bonds is 6. The fraction of sp³-hybridized carbons (Fsp3) is 0.253. The topological polar surface area (TPSA) is 6.48 Å². The molecule has 2 heterocycles. The Morgan fingerprint density at radius 3 is 1.30 bits per heavy atom. The van der Waals surface area contributed by atoms with Gasteiger partial charge in [0.2, 0.25) is 0 Å². The number of nitrogens with zero attached hydrogens (tertiary/aromatic N) is 2. The summed E-state index contributed by atoms with van der Waals surface area (Å²) in [7, 11) is 0. The van der Waals surface area contributed by atoms with Gasteiger partial charge in [-0.3, -0.25) is 0 Å². The molecule has 77 heavy (non-hydrogen) atoms. The van der Waals surface area contributed by atoms with Gasteiger partial charge in [-0.15, -0.1) is 0 Å². The van der Waals surface area contributed by atoms with E-state index in [1.165, 1.54) is 150 Å². The first-order valence-corrected chi connectivity index (χ1v) is 28.7. The lowest BCUT2D eigenvalue weighted by molar-refractivity contribution is 0.154. The van der Waals surface area contributed by atoms with E-state index in [0.29, 0.717) is 11.8 Å². The van der Waals surface area contributed by atoms with E-state index in [2.05, 4.69) is 270 Å². The molecule has 0 spiro atoms. The van der Waals surface area contributed by atoms with Crippen LogP contribution in [0.25, 0.3) is 54.9 Å². The molecule has 6 atom stereocenters. The van der Waals surface area contributed by atoms with Gasteiger partial charge in [-0.1, -0.05) is 185 Å². The quantitative estimate of drug-likeness (QED) is 0.153. The van der Waals surface area contributed by atoms with Gasteiger partial charge in [-0.2, -0.15) is 0 Å². The zero-order valence-electron chi connectivity index (χ0n) is 45.6. The van der Waals surface area contributed by atoms with Crippen molar-refractivity contribution in [1.29, 1.82) is 0 Å². The van der Waals surface area contributed by atoms with Crippen molar-refractivity contribution >= 4 is 44.3 Å². The number of benzene rings is 10. The van der Waals surface area contributed by atoms with Crippen molar-refractivity contribution in [2.45, 2.75) is 107 Å². The summed E-state index contributed by atoms with van der Waals surface area (Å²) >= 11 is 0. The molecule has 10 aromatic carbocycles. The molecule has 0 radical (unpaired) electrons. The van der Waals surface area contributed by atoms with Crippen LogP contribution in [0.4, 0.5) is 22.7 Å². The van der Waals surface area contributed by atoms with Gasteiger partial charge >= 0.3 is 0 Å².